The van der Waals surface area contributed by atoms with E-state index in [2.05, 4.69) is 44.9 Å². The Balaban J connectivity index is 1.72. The summed E-state index contributed by atoms with van der Waals surface area (Å²) in [4.78, 5) is 19.7. The SMILES string of the molecule is O=C(/C=C/c1cnc(N[C@@]2(Cc3ccccc3)CCCNC2)cn1)NO. The molecule has 0 radical (unpaired) electrons. The number of carbonyl (C=O) groups is 1. The van der Waals surface area contributed by atoms with Gasteiger partial charge in [-0.05, 0) is 37.4 Å². The van der Waals surface area contributed by atoms with Crippen molar-refractivity contribution in [3.05, 3.63) is 60.1 Å². The third-order valence-corrected chi connectivity index (χ3v) is 4.44. The van der Waals surface area contributed by atoms with Gasteiger partial charge in [-0.2, -0.15) is 0 Å². The van der Waals surface area contributed by atoms with E-state index in [-0.39, 0.29) is 5.54 Å². The number of carbonyl (C=O) groups excluding carboxylic acids is 1. The molecule has 1 aromatic carbocycles. The fourth-order valence-corrected chi connectivity index (χ4v) is 3.21. The predicted octanol–water partition coefficient (Wildman–Crippen LogP) is 1.77. The summed E-state index contributed by atoms with van der Waals surface area (Å²) in [6.45, 7) is 1.89. The number of nitrogens with one attached hydrogen (secondary N) is 3. The molecule has 1 fully saturated rings. The van der Waals surface area contributed by atoms with Gasteiger partial charge in [0.05, 0.1) is 23.6 Å². The van der Waals surface area contributed by atoms with E-state index in [1.54, 1.807) is 12.4 Å². The minimum atomic E-state index is -0.607. The molecule has 3 rings (SSSR count). The number of aromatic nitrogens is 2. The normalized spacial score (nSPS) is 20.0. The predicted molar refractivity (Wildman–Crippen MR) is 99.6 cm³/mol. The number of rotatable bonds is 6. The Morgan fingerprint density at radius 3 is 2.77 bits per heavy atom. The van der Waals surface area contributed by atoms with Crippen molar-refractivity contribution in [1.82, 2.24) is 20.8 Å². The zero-order valence-corrected chi connectivity index (χ0v) is 14.5. The second kappa shape index (κ2) is 8.55. The first-order valence-electron chi connectivity index (χ1n) is 8.66. The van der Waals surface area contributed by atoms with E-state index in [1.165, 1.54) is 23.2 Å². The van der Waals surface area contributed by atoms with E-state index in [0.29, 0.717) is 11.5 Å². The minimum absolute atomic E-state index is 0.109. The molecule has 1 atom stereocenters. The Morgan fingerprint density at radius 1 is 1.27 bits per heavy atom. The van der Waals surface area contributed by atoms with Crippen LogP contribution in [0.2, 0.25) is 0 Å². The molecule has 4 N–H and O–H groups in total. The van der Waals surface area contributed by atoms with Crippen LogP contribution in [0.5, 0.6) is 0 Å². The molecule has 7 nitrogen and oxygen atoms in total. The highest BCUT2D eigenvalue weighted by Gasteiger charge is 2.32. The van der Waals surface area contributed by atoms with Crippen LogP contribution < -0.4 is 16.1 Å². The summed E-state index contributed by atoms with van der Waals surface area (Å²) in [5.74, 6) is 0.0949. The van der Waals surface area contributed by atoms with Crippen LogP contribution in [0.1, 0.15) is 24.1 Å². The summed E-state index contributed by atoms with van der Waals surface area (Å²) < 4.78 is 0. The molecule has 7 heteroatoms. The smallest absolute Gasteiger partial charge is 0.267 e. The monoisotopic (exact) mass is 353 g/mol. The molecule has 2 aromatic rings. The lowest BCUT2D eigenvalue weighted by molar-refractivity contribution is -0.124. The van der Waals surface area contributed by atoms with E-state index < -0.39 is 5.91 Å². The van der Waals surface area contributed by atoms with Gasteiger partial charge in [0, 0.05) is 12.6 Å². The molecule has 0 spiro atoms. The van der Waals surface area contributed by atoms with E-state index in [1.807, 2.05) is 6.07 Å². The quantitative estimate of drug-likeness (QED) is 0.359. The molecule has 0 saturated carbocycles. The van der Waals surface area contributed by atoms with Crippen molar-refractivity contribution >= 4 is 17.8 Å². The van der Waals surface area contributed by atoms with E-state index >= 15 is 0 Å². The molecule has 1 amide bonds. The van der Waals surface area contributed by atoms with Crippen molar-refractivity contribution in [3.8, 4) is 0 Å². The number of piperidine rings is 1. The Morgan fingerprint density at radius 2 is 2.12 bits per heavy atom. The molecule has 1 saturated heterocycles. The maximum atomic E-state index is 11.0. The van der Waals surface area contributed by atoms with Gasteiger partial charge < -0.3 is 10.6 Å². The van der Waals surface area contributed by atoms with Gasteiger partial charge in [0.2, 0.25) is 0 Å². The Bertz CT molecular complexity index is 740. The highest BCUT2D eigenvalue weighted by atomic mass is 16.5. The zero-order valence-electron chi connectivity index (χ0n) is 14.5. The lowest BCUT2D eigenvalue weighted by Crippen LogP contribution is -2.53. The number of amides is 1. The van der Waals surface area contributed by atoms with Gasteiger partial charge in [-0.15, -0.1) is 0 Å². The molecule has 0 aliphatic carbocycles. The van der Waals surface area contributed by atoms with Gasteiger partial charge >= 0.3 is 0 Å². The molecule has 0 bridgehead atoms. The van der Waals surface area contributed by atoms with Gasteiger partial charge in [0.25, 0.3) is 5.91 Å². The van der Waals surface area contributed by atoms with Crippen LogP contribution >= 0.6 is 0 Å². The largest absolute Gasteiger partial charge is 0.362 e. The Hall–Kier alpha value is -2.77. The minimum Gasteiger partial charge on any atom is -0.362 e. The van der Waals surface area contributed by atoms with E-state index in [4.69, 9.17) is 5.21 Å². The van der Waals surface area contributed by atoms with Crippen molar-refractivity contribution in [2.75, 3.05) is 18.4 Å². The van der Waals surface area contributed by atoms with Crippen LogP contribution in [0.3, 0.4) is 0 Å². The van der Waals surface area contributed by atoms with Gasteiger partial charge in [-0.3, -0.25) is 15.0 Å². The average molecular weight is 353 g/mol. The first kappa shape index (κ1) is 18.0. The molecule has 0 unspecified atom stereocenters. The lowest BCUT2D eigenvalue weighted by Gasteiger charge is -2.39. The number of anilines is 1. The van der Waals surface area contributed by atoms with Crippen LogP contribution in [0.15, 0.2) is 48.8 Å². The Kier molecular flexibility index (Phi) is 5.93. The van der Waals surface area contributed by atoms with Gasteiger partial charge in [0.15, 0.2) is 0 Å². The van der Waals surface area contributed by atoms with Gasteiger partial charge in [-0.25, -0.2) is 10.5 Å². The van der Waals surface area contributed by atoms with Gasteiger partial charge in [0.1, 0.15) is 5.82 Å². The fourth-order valence-electron chi connectivity index (χ4n) is 3.21. The summed E-state index contributed by atoms with van der Waals surface area (Å²) in [6, 6.07) is 10.4. The molecule has 136 valence electrons. The fraction of sp³-hybridized carbons (Fsp3) is 0.316. The summed E-state index contributed by atoms with van der Waals surface area (Å²) in [5, 5.41) is 15.5. The van der Waals surface area contributed by atoms with Crippen molar-refractivity contribution in [2.24, 2.45) is 0 Å². The summed E-state index contributed by atoms with van der Waals surface area (Å²) >= 11 is 0. The maximum Gasteiger partial charge on any atom is 0.267 e. The van der Waals surface area contributed by atoms with Crippen LogP contribution in [0, 0.1) is 0 Å². The number of hydrogen-bond donors (Lipinski definition) is 4. The molecular weight excluding hydrogens is 330 g/mol. The number of nitrogens with zero attached hydrogens (tertiary/aromatic N) is 2. The lowest BCUT2D eigenvalue weighted by atomic mass is 9.84. The second-order valence-corrected chi connectivity index (χ2v) is 6.48. The van der Waals surface area contributed by atoms with Crippen molar-refractivity contribution in [3.63, 3.8) is 0 Å². The number of hydroxylamine groups is 1. The third kappa shape index (κ3) is 4.87. The maximum absolute atomic E-state index is 11.0. The molecule has 26 heavy (non-hydrogen) atoms. The molecule has 1 aliphatic heterocycles. The first-order valence-corrected chi connectivity index (χ1v) is 8.66. The number of benzene rings is 1. The highest BCUT2D eigenvalue weighted by Crippen LogP contribution is 2.25. The molecule has 1 aromatic heterocycles. The average Bonchev–Trinajstić information content (AvgIpc) is 2.68. The van der Waals surface area contributed by atoms with Crippen molar-refractivity contribution in [1.29, 1.82) is 0 Å². The standard InChI is InChI=1S/C19H23N5O2/c25-18(24-26)8-7-16-12-22-17(13-21-16)23-19(9-4-10-20-14-19)11-15-5-2-1-3-6-15/h1-3,5-8,12-13,20,26H,4,9-11,14H2,(H,22,23)(H,24,25)/b8-7+/t19-/m1/s1. The van der Waals surface area contributed by atoms with Gasteiger partial charge in [-0.1, -0.05) is 30.3 Å². The first-order chi connectivity index (χ1) is 12.7. The molecule has 1 aliphatic rings. The number of hydrogen-bond acceptors (Lipinski definition) is 6. The van der Waals surface area contributed by atoms with Crippen LogP contribution in [-0.4, -0.2) is 39.7 Å². The van der Waals surface area contributed by atoms with E-state index in [0.717, 1.165) is 32.4 Å². The second-order valence-electron chi connectivity index (χ2n) is 6.48. The van der Waals surface area contributed by atoms with Crippen LogP contribution in [-0.2, 0) is 11.2 Å². The summed E-state index contributed by atoms with van der Waals surface area (Å²) in [6.07, 6.45) is 9.00. The summed E-state index contributed by atoms with van der Waals surface area (Å²) in [5.41, 5.74) is 3.25. The van der Waals surface area contributed by atoms with Crippen molar-refractivity contribution in [2.45, 2.75) is 24.8 Å². The Labute approximate surface area is 152 Å². The van der Waals surface area contributed by atoms with Crippen molar-refractivity contribution < 1.29 is 10.0 Å². The molecular formula is C19H23N5O2. The van der Waals surface area contributed by atoms with E-state index in [9.17, 15) is 4.79 Å². The third-order valence-electron chi connectivity index (χ3n) is 4.44. The zero-order chi connectivity index (χ0) is 18.2. The topological polar surface area (TPSA) is 99.2 Å². The molecule has 2 heterocycles. The van der Waals surface area contributed by atoms with Crippen LogP contribution in [0.25, 0.3) is 6.08 Å². The summed E-state index contributed by atoms with van der Waals surface area (Å²) in [7, 11) is 0. The highest BCUT2D eigenvalue weighted by molar-refractivity contribution is 5.90. The van der Waals surface area contributed by atoms with Crippen LogP contribution in [0.4, 0.5) is 5.82 Å².